The third kappa shape index (κ3) is 1.41. The van der Waals surface area contributed by atoms with Crippen LogP contribution >= 0.6 is 0 Å². The number of nitrogens with zero attached hydrogens (tertiary/aromatic N) is 2. The average molecular weight is 244 g/mol. The Labute approximate surface area is 106 Å². The summed E-state index contributed by atoms with van der Waals surface area (Å²) in [6.07, 6.45) is 0. The van der Waals surface area contributed by atoms with Crippen molar-refractivity contribution in [1.82, 2.24) is 4.57 Å². The summed E-state index contributed by atoms with van der Waals surface area (Å²) >= 11 is 0. The van der Waals surface area contributed by atoms with E-state index in [2.05, 4.69) is 16.7 Å². The Balaban J connectivity index is 2.27. The zero-order valence-corrected chi connectivity index (χ0v) is 10.8. The van der Waals surface area contributed by atoms with E-state index >= 15 is 0 Å². The Morgan fingerprint density at radius 1 is 1.39 bits per heavy atom. The second-order valence-electron chi connectivity index (χ2n) is 4.83. The normalized spacial score (nSPS) is 19.2. The lowest BCUT2D eigenvalue weighted by Gasteiger charge is -2.23. The molecule has 0 saturated heterocycles. The quantitative estimate of drug-likeness (QED) is 0.570. The van der Waals surface area contributed by atoms with Gasteiger partial charge in [-0.25, -0.2) is 4.74 Å². The number of fused-ring (bicyclic) bond motifs is 3. The summed E-state index contributed by atoms with van der Waals surface area (Å²) in [6.45, 7) is 4.56. The highest BCUT2D eigenvalue weighted by Crippen LogP contribution is 2.27. The molecule has 1 aromatic carbocycles. The Morgan fingerprint density at radius 2 is 2.17 bits per heavy atom. The van der Waals surface area contributed by atoms with Crippen molar-refractivity contribution in [3.8, 4) is 5.75 Å². The number of aromatic nitrogens is 1. The molecule has 18 heavy (non-hydrogen) atoms. The first-order valence-corrected chi connectivity index (χ1v) is 6.09. The smallest absolute Gasteiger partial charge is 0.208 e. The van der Waals surface area contributed by atoms with Crippen LogP contribution in [-0.2, 0) is 6.54 Å². The molecule has 0 fully saturated rings. The Kier molecular flexibility index (Phi) is 2.33. The highest BCUT2D eigenvalue weighted by molar-refractivity contribution is 6.00. The van der Waals surface area contributed by atoms with Crippen LogP contribution in [0.3, 0.4) is 0 Å². The minimum Gasteiger partial charge on any atom is -0.623 e. The summed E-state index contributed by atoms with van der Waals surface area (Å²) in [5.74, 6) is 0.843. The van der Waals surface area contributed by atoms with Gasteiger partial charge in [-0.1, -0.05) is 0 Å². The van der Waals surface area contributed by atoms with Crippen LogP contribution in [0.25, 0.3) is 10.9 Å². The molecular weight excluding hydrogens is 228 g/mol. The van der Waals surface area contributed by atoms with Crippen LogP contribution in [0.2, 0.25) is 0 Å². The van der Waals surface area contributed by atoms with Gasteiger partial charge < -0.3 is 14.5 Å². The zero-order chi connectivity index (χ0) is 12.9. The molecule has 1 atom stereocenters. The SMILES string of the molecule is COc1ccc2c(c1)cc1n2CC(C)[N+]([O-])=C1C. The predicted molar refractivity (Wildman–Crippen MR) is 71.4 cm³/mol. The second kappa shape index (κ2) is 3.77. The highest BCUT2D eigenvalue weighted by atomic mass is 16.5. The molecule has 1 aliphatic rings. The van der Waals surface area contributed by atoms with Crippen molar-refractivity contribution in [1.29, 1.82) is 0 Å². The molecule has 0 saturated carbocycles. The van der Waals surface area contributed by atoms with Gasteiger partial charge in [-0.15, -0.1) is 0 Å². The lowest BCUT2D eigenvalue weighted by atomic mass is 10.2. The predicted octanol–water partition coefficient (Wildman–Crippen LogP) is 2.37. The molecule has 0 aliphatic carbocycles. The van der Waals surface area contributed by atoms with Crippen LogP contribution in [0.15, 0.2) is 24.3 Å². The van der Waals surface area contributed by atoms with Crippen LogP contribution in [0.1, 0.15) is 19.5 Å². The number of hydrogen-bond acceptors (Lipinski definition) is 2. The summed E-state index contributed by atoms with van der Waals surface area (Å²) < 4.78 is 8.55. The molecule has 4 nitrogen and oxygen atoms in total. The monoisotopic (exact) mass is 244 g/mol. The van der Waals surface area contributed by atoms with Gasteiger partial charge in [-0.2, -0.15) is 0 Å². The largest absolute Gasteiger partial charge is 0.623 e. The molecule has 0 bridgehead atoms. The molecule has 3 rings (SSSR count). The number of methoxy groups -OCH3 is 1. The number of hydroxylamine groups is 1. The van der Waals surface area contributed by atoms with Gasteiger partial charge in [0.05, 0.1) is 13.7 Å². The van der Waals surface area contributed by atoms with Crippen LogP contribution in [0.4, 0.5) is 0 Å². The topological polar surface area (TPSA) is 40.2 Å². The number of hydrogen-bond donors (Lipinski definition) is 0. The average Bonchev–Trinajstić information content (AvgIpc) is 2.74. The summed E-state index contributed by atoms with van der Waals surface area (Å²) in [6, 6.07) is 8.06. The molecule has 0 amide bonds. The van der Waals surface area contributed by atoms with Gasteiger partial charge in [-0.05, 0) is 24.3 Å². The second-order valence-corrected chi connectivity index (χ2v) is 4.83. The standard InChI is InChI=1S/C14H16N2O2/c1-9-8-15-13-5-4-12(18-3)6-11(13)7-14(15)10(2)16(9)17/h4-7,9H,8H2,1-3H3. The maximum Gasteiger partial charge on any atom is 0.208 e. The van der Waals surface area contributed by atoms with E-state index < -0.39 is 0 Å². The zero-order valence-electron chi connectivity index (χ0n) is 10.8. The van der Waals surface area contributed by atoms with E-state index in [4.69, 9.17) is 4.74 Å². The van der Waals surface area contributed by atoms with Crippen molar-refractivity contribution in [2.45, 2.75) is 26.4 Å². The number of benzene rings is 1. The van der Waals surface area contributed by atoms with Crippen LogP contribution in [0.5, 0.6) is 5.75 Å². The summed E-state index contributed by atoms with van der Waals surface area (Å²) in [5.41, 5.74) is 2.94. The van der Waals surface area contributed by atoms with Crippen LogP contribution in [0, 0.1) is 5.21 Å². The van der Waals surface area contributed by atoms with Gasteiger partial charge in [0.1, 0.15) is 11.4 Å². The van der Waals surface area contributed by atoms with Gasteiger partial charge in [0.25, 0.3) is 0 Å². The van der Waals surface area contributed by atoms with E-state index in [9.17, 15) is 5.21 Å². The molecule has 4 heteroatoms. The molecule has 2 heterocycles. The van der Waals surface area contributed by atoms with Crippen LogP contribution in [-0.4, -0.2) is 28.2 Å². The number of rotatable bonds is 1. The van der Waals surface area contributed by atoms with Gasteiger partial charge in [0.2, 0.25) is 5.71 Å². The third-order valence-corrected chi connectivity index (χ3v) is 3.66. The molecule has 0 spiro atoms. The first kappa shape index (κ1) is 11.1. The van der Waals surface area contributed by atoms with E-state index in [-0.39, 0.29) is 6.04 Å². The third-order valence-electron chi connectivity index (χ3n) is 3.66. The van der Waals surface area contributed by atoms with Crippen LogP contribution < -0.4 is 4.74 Å². The van der Waals surface area contributed by atoms with Crippen molar-refractivity contribution in [3.05, 3.63) is 35.2 Å². The Bertz CT molecular complexity index is 655. The first-order valence-electron chi connectivity index (χ1n) is 6.09. The fraction of sp³-hybridized carbons (Fsp3) is 0.357. The van der Waals surface area contributed by atoms with Gasteiger partial charge in [0.15, 0.2) is 6.04 Å². The molecule has 2 aromatic rings. The molecule has 94 valence electrons. The first-order chi connectivity index (χ1) is 8.61. The minimum atomic E-state index is -0.0183. The van der Waals surface area contributed by atoms with Gasteiger partial charge >= 0.3 is 0 Å². The maximum absolute atomic E-state index is 11.9. The van der Waals surface area contributed by atoms with E-state index in [1.807, 2.05) is 26.0 Å². The molecule has 0 radical (unpaired) electrons. The van der Waals surface area contributed by atoms with E-state index in [0.29, 0.717) is 0 Å². The summed E-state index contributed by atoms with van der Waals surface area (Å²) in [5, 5.41) is 13.0. The molecular formula is C14H16N2O2. The molecule has 0 N–H and O–H groups in total. The van der Waals surface area contributed by atoms with Crippen molar-refractivity contribution in [2.24, 2.45) is 0 Å². The lowest BCUT2D eigenvalue weighted by molar-refractivity contribution is -0.502. The summed E-state index contributed by atoms with van der Waals surface area (Å²) in [7, 11) is 1.66. The van der Waals surface area contributed by atoms with Gasteiger partial charge in [0, 0.05) is 24.8 Å². The van der Waals surface area contributed by atoms with E-state index in [1.165, 1.54) is 0 Å². The number of ether oxygens (including phenoxy) is 1. The fourth-order valence-electron chi connectivity index (χ4n) is 2.65. The van der Waals surface area contributed by atoms with E-state index in [1.54, 1.807) is 7.11 Å². The molecule has 1 unspecified atom stereocenters. The minimum absolute atomic E-state index is 0.0183. The Hall–Kier alpha value is -1.97. The van der Waals surface area contributed by atoms with Crippen molar-refractivity contribution < 1.29 is 9.48 Å². The molecule has 1 aromatic heterocycles. The highest BCUT2D eigenvalue weighted by Gasteiger charge is 2.26. The van der Waals surface area contributed by atoms with Crippen molar-refractivity contribution >= 4 is 16.6 Å². The molecule has 1 aliphatic heterocycles. The van der Waals surface area contributed by atoms with Gasteiger partial charge in [-0.3, -0.25) is 0 Å². The van der Waals surface area contributed by atoms with E-state index in [0.717, 1.165) is 39.3 Å². The van der Waals surface area contributed by atoms with Crippen molar-refractivity contribution in [3.63, 3.8) is 0 Å². The lowest BCUT2D eigenvalue weighted by Crippen LogP contribution is -2.34. The Morgan fingerprint density at radius 3 is 2.89 bits per heavy atom. The van der Waals surface area contributed by atoms with Crippen molar-refractivity contribution in [2.75, 3.05) is 7.11 Å². The summed E-state index contributed by atoms with van der Waals surface area (Å²) in [4.78, 5) is 0. The maximum atomic E-state index is 11.9. The fourth-order valence-corrected chi connectivity index (χ4v) is 2.65.